The summed E-state index contributed by atoms with van der Waals surface area (Å²) in [5, 5.41) is 3.58. The maximum atomic E-state index is 12.1. The zero-order valence-corrected chi connectivity index (χ0v) is 16.4. The van der Waals surface area contributed by atoms with Gasteiger partial charge in [0.25, 0.3) is 5.91 Å². The van der Waals surface area contributed by atoms with Gasteiger partial charge >= 0.3 is 5.97 Å². The SMILES string of the molecule is Cc1ccc(NC(=O)[C@H](C)OC(=O)CNS(=O)(=O)/C=C/c2ccccc2)cc1. The van der Waals surface area contributed by atoms with Gasteiger partial charge in [-0.2, -0.15) is 0 Å². The maximum absolute atomic E-state index is 12.1. The van der Waals surface area contributed by atoms with E-state index in [1.807, 2.05) is 25.1 Å². The molecule has 0 heterocycles. The predicted octanol–water partition coefficient (Wildman–Crippen LogP) is 2.46. The summed E-state index contributed by atoms with van der Waals surface area (Å²) in [6.45, 7) is 2.75. The second-order valence-electron chi connectivity index (χ2n) is 6.07. The molecule has 28 heavy (non-hydrogen) atoms. The third-order valence-electron chi connectivity index (χ3n) is 3.65. The first-order valence-electron chi connectivity index (χ1n) is 8.55. The van der Waals surface area contributed by atoms with Crippen LogP contribution in [0.2, 0.25) is 0 Å². The normalized spacial score (nSPS) is 12.5. The van der Waals surface area contributed by atoms with Crippen LogP contribution in [0.5, 0.6) is 0 Å². The zero-order chi connectivity index (χ0) is 20.6. The highest BCUT2D eigenvalue weighted by Crippen LogP contribution is 2.09. The van der Waals surface area contributed by atoms with Gasteiger partial charge in [-0.3, -0.25) is 9.59 Å². The summed E-state index contributed by atoms with van der Waals surface area (Å²) in [5.74, 6) is -1.37. The zero-order valence-electron chi connectivity index (χ0n) is 15.6. The van der Waals surface area contributed by atoms with E-state index < -0.39 is 34.5 Å². The Labute approximate surface area is 164 Å². The second-order valence-corrected chi connectivity index (χ2v) is 7.72. The van der Waals surface area contributed by atoms with Gasteiger partial charge in [0.2, 0.25) is 10.0 Å². The molecule has 148 valence electrons. The van der Waals surface area contributed by atoms with E-state index in [4.69, 9.17) is 4.74 Å². The summed E-state index contributed by atoms with van der Waals surface area (Å²) in [4.78, 5) is 23.9. The van der Waals surface area contributed by atoms with Crippen LogP contribution >= 0.6 is 0 Å². The lowest BCUT2D eigenvalue weighted by Crippen LogP contribution is -2.35. The molecule has 2 N–H and O–H groups in total. The number of carbonyl (C=O) groups excluding carboxylic acids is 2. The maximum Gasteiger partial charge on any atom is 0.321 e. The quantitative estimate of drug-likeness (QED) is 0.661. The molecule has 0 saturated heterocycles. The Morgan fingerprint density at radius 3 is 2.36 bits per heavy atom. The highest BCUT2D eigenvalue weighted by Gasteiger charge is 2.19. The molecule has 0 aliphatic carbocycles. The number of carbonyl (C=O) groups is 2. The number of hydrogen-bond donors (Lipinski definition) is 2. The number of anilines is 1. The van der Waals surface area contributed by atoms with Crippen LogP contribution in [0.25, 0.3) is 6.08 Å². The van der Waals surface area contributed by atoms with E-state index in [2.05, 4.69) is 10.0 Å². The molecule has 0 aromatic heterocycles. The minimum atomic E-state index is -3.82. The Balaban J connectivity index is 1.81. The smallest absolute Gasteiger partial charge is 0.321 e. The first-order chi connectivity index (χ1) is 13.2. The van der Waals surface area contributed by atoms with Gasteiger partial charge in [-0.25, -0.2) is 13.1 Å². The third kappa shape index (κ3) is 7.34. The number of ether oxygens (including phenoxy) is 1. The van der Waals surface area contributed by atoms with Gasteiger partial charge in [0, 0.05) is 11.1 Å². The monoisotopic (exact) mass is 402 g/mol. The highest BCUT2D eigenvalue weighted by atomic mass is 32.2. The Bertz CT molecular complexity index is 938. The molecule has 2 rings (SSSR count). The first-order valence-corrected chi connectivity index (χ1v) is 10.1. The minimum absolute atomic E-state index is 0.510. The van der Waals surface area contributed by atoms with E-state index in [-0.39, 0.29) is 0 Å². The Morgan fingerprint density at radius 2 is 1.71 bits per heavy atom. The van der Waals surface area contributed by atoms with Crippen LogP contribution in [0.3, 0.4) is 0 Å². The van der Waals surface area contributed by atoms with Gasteiger partial charge in [0.05, 0.1) is 0 Å². The third-order valence-corrected chi connectivity index (χ3v) is 4.69. The van der Waals surface area contributed by atoms with Gasteiger partial charge < -0.3 is 10.1 Å². The number of rotatable bonds is 8. The summed E-state index contributed by atoms with van der Waals surface area (Å²) >= 11 is 0. The van der Waals surface area contributed by atoms with Crippen LogP contribution in [0.1, 0.15) is 18.1 Å². The van der Waals surface area contributed by atoms with Crippen molar-refractivity contribution < 1.29 is 22.7 Å². The summed E-state index contributed by atoms with van der Waals surface area (Å²) in [5.41, 5.74) is 2.33. The van der Waals surface area contributed by atoms with E-state index in [1.165, 1.54) is 13.0 Å². The first kappa shape index (κ1) is 21.3. The van der Waals surface area contributed by atoms with E-state index in [0.717, 1.165) is 11.0 Å². The molecule has 0 fully saturated rings. The molecular formula is C20H22N2O5S. The summed E-state index contributed by atoms with van der Waals surface area (Å²) in [6, 6.07) is 16.0. The van der Waals surface area contributed by atoms with Gasteiger partial charge in [-0.05, 0) is 37.6 Å². The van der Waals surface area contributed by atoms with Crippen molar-refractivity contribution in [3.05, 3.63) is 71.1 Å². The number of nitrogens with one attached hydrogen (secondary N) is 2. The molecule has 2 aromatic rings. The summed E-state index contributed by atoms with van der Waals surface area (Å²) < 4.78 is 30.9. The number of sulfonamides is 1. The Kier molecular flexibility index (Phi) is 7.48. The predicted molar refractivity (Wildman–Crippen MR) is 108 cm³/mol. The fourth-order valence-corrected chi connectivity index (χ4v) is 2.86. The molecule has 0 unspecified atom stereocenters. The van der Waals surface area contributed by atoms with Crippen molar-refractivity contribution in [3.8, 4) is 0 Å². The largest absolute Gasteiger partial charge is 0.452 e. The minimum Gasteiger partial charge on any atom is -0.452 e. The molecule has 0 aliphatic rings. The molecule has 7 nitrogen and oxygen atoms in total. The van der Waals surface area contributed by atoms with E-state index in [9.17, 15) is 18.0 Å². The molecule has 0 aliphatic heterocycles. The van der Waals surface area contributed by atoms with Gasteiger partial charge in [-0.15, -0.1) is 0 Å². The van der Waals surface area contributed by atoms with Crippen LogP contribution in [-0.4, -0.2) is 32.9 Å². The highest BCUT2D eigenvalue weighted by molar-refractivity contribution is 7.92. The van der Waals surface area contributed by atoms with E-state index >= 15 is 0 Å². The topological polar surface area (TPSA) is 102 Å². The van der Waals surface area contributed by atoms with E-state index in [0.29, 0.717) is 11.3 Å². The molecule has 0 saturated carbocycles. The fraction of sp³-hybridized carbons (Fsp3) is 0.200. The Hall–Kier alpha value is -2.97. The number of esters is 1. The molecule has 2 aromatic carbocycles. The standard InChI is InChI=1S/C20H22N2O5S/c1-15-8-10-18(11-9-15)22-20(24)16(2)27-19(23)14-21-28(25,26)13-12-17-6-4-3-5-7-17/h3-13,16,21H,14H2,1-2H3,(H,22,24)/b13-12+/t16-/m0/s1. The van der Waals surface area contributed by atoms with Crippen molar-refractivity contribution in [2.45, 2.75) is 20.0 Å². The molecule has 1 amide bonds. The molecule has 0 spiro atoms. The van der Waals surface area contributed by atoms with Crippen LogP contribution in [0.15, 0.2) is 60.0 Å². The fourth-order valence-electron chi connectivity index (χ4n) is 2.11. The van der Waals surface area contributed by atoms with Crippen molar-refractivity contribution in [2.24, 2.45) is 0 Å². The van der Waals surface area contributed by atoms with Gasteiger partial charge in [0.15, 0.2) is 6.10 Å². The summed E-state index contributed by atoms with van der Waals surface area (Å²) in [7, 11) is -3.82. The van der Waals surface area contributed by atoms with Crippen molar-refractivity contribution in [1.82, 2.24) is 4.72 Å². The molecule has 0 radical (unpaired) electrons. The van der Waals surface area contributed by atoms with Gasteiger partial charge in [-0.1, -0.05) is 48.0 Å². The van der Waals surface area contributed by atoms with Crippen LogP contribution in [-0.2, 0) is 24.3 Å². The van der Waals surface area contributed by atoms with Crippen molar-refractivity contribution in [3.63, 3.8) is 0 Å². The van der Waals surface area contributed by atoms with Crippen molar-refractivity contribution >= 4 is 33.7 Å². The lowest BCUT2D eigenvalue weighted by Gasteiger charge is -2.13. The van der Waals surface area contributed by atoms with Crippen LogP contribution < -0.4 is 10.0 Å². The number of aryl methyl sites for hydroxylation is 1. The molecule has 0 bridgehead atoms. The average molecular weight is 402 g/mol. The molecular weight excluding hydrogens is 380 g/mol. The van der Waals surface area contributed by atoms with Crippen LogP contribution in [0, 0.1) is 6.92 Å². The van der Waals surface area contributed by atoms with Gasteiger partial charge in [0.1, 0.15) is 6.54 Å². The van der Waals surface area contributed by atoms with Crippen LogP contribution in [0.4, 0.5) is 5.69 Å². The second kappa shape index (κ2) is 9.82. The number of amides is 1. The lowest BCUT2D eigenvalue weighted by molar-refractivity contribution is -0.151. The molecule has 8 heteroatoms. The van der Waals surface area contributed by atoms with E-state index in [1.54, 1.807) is 36.4 Å². The van der Waals surface area contributed by atoms with Crippen molar-refractivity contribution in [1.29, 1.82) is 0 Å². The lowest BCUT2D eigenvalue weighted by atomic mass is 10.2. The Morgan fingerprint density at radius 1 is 1.07 bits per heavy atom. The number of benzene rings is 2. The van der Waals surface area contributed by atoms with Crippen molar-refractivity contribution in [2.75, 3.05) is 11.9 Å². The molecule has 1 atom stereocenters. The summed E-state index contributed by atoms with van der Waals surface area (Å²) in [6.07, 6.45) is 0.337. The number of hydrogen-bond acceptors (Lipinski definition) is 5. The average Bonchev–Trinajstić information content (AvgIpc) is 2.67.